The molecular weight excluding hydrogens is 285 g/mol. The third-order valence-corrected chi connectivity index (χ3v) is 1.97. The number of nitrogens with one attached hydrogen (secondary N) is 1. The van der Waals surface area contributed by atoms with Crippen molar-refractivity contribution in [2.75, 3.05) is 0 Å². The van der Waals surface area contributed by atoms with Gasteiger partial charge in [0.05, 0.1) is 6.10 Å². The molecule has 1 fully saturated rings. The predicted octanol–water partition coefficient (Wildman–Crippen LogP) is 0.469. The molecule has 0 unspecified atom stereocenters. The van der Waals surface area contributed by atoms with E-state index in [1.54, 1.807) is 0 Å². The van der Waals surface area contributed by atoms with Crippen LogP contribution in [0, 0.1) is 0 Å². The van der Waals surface area contributed by atoms with Crippen LogP contribution >= 0.6 is 24.0 Å². The summed E-state index contributed by atoms with van der Waals surface area (Å²) in [6.07, 6.45) is 2.31. The van der Waals surface area contributed by atoms with Gasteiger partial charge in [-0.3, -0.25) is 4.79 Å². The average molecular weight is 301 g/mol. The molecule has 0 aromatic carbocycles. The third-order valence-electron chi connectivity index (χ3n) is 1.97. The molecule has 0 aromatic heterocycles. The Labute approximate surface area is 95.6 Å². The second-order valence-electron chi connectivity index (χ2n) is 3.10. The number of amides is 1. The van der Waals surface area contributed by atoms with Crippen molar-refractivity contribution in [1.82, 2.24) is 5.32 Å². The van der Waals surface area contributed by atoms with Crippen LogP contribution in [0.4, 0.5) is 0 Å². The lowest BCUT2D eigenvalue weighted by atomic mass is 9.89. The standard InChI is InChI=1S/C8H13NO3.HI.H2/c10-3-1-2-8(12)9-6-4-7(11)5-6;;/h3,6-7,11H,1-2,4-5H2,(H,9,12);2*1H. The van der Waals surface area contributed by atoms with E-state index >= 15 is 0 Å². The molecule has 4 nitrogen and oxygen atoms in total. The Hall–Kier alpha value is -0.170. The lowest BCUT2D eigenvalue weighted by Gasteiger charge is -2.31. The Morgan fingerprint density at radius 2 is 2.23 bits per heavy atom. The number of rotatable bonds is 4. The summed E-state index contributed by atoms with van der Waals surface area (Å²) in [4.78, 5) is 20.9. The van der Waals surface area contributed by atoms with Crippen molar-refractivity contribution in [2.24, 2.45) is 0 Å². The highest BCUT2D eigenvalue weighted by Gasteiger charge is 2.27. The normalized spacial score (nSPS) is 25.3. The lowest BCUT2D eigenvalue weighted by molar-refractivity contribution is -0.124. The summed E-state index contributed by atoms with van der Waals surface area (Å²) in [5.74, 6) is -0.0981. The molecule has 13 heavy (non-hydrogen) atoms. The van der Waals surface area contributed by atoms with E-state index in [1.807, 2.05) is 0 Å². The van der Waals surface area contributed by atoms with Gasteiger partial charge in [0.2, 0.25) is 5.91 Å². The van der Waals surface area contributed by atoms with E-state index in [4.69, 9.17) is 5.11 Å². The largest absolute Gasteiger partial charge is 0.393 e. The van der Waals surface area contributed by atoms with Gasteiger partial charge < -0.3 is 15.2 Å². The molecule has 2 N–H and O–H groups in total. The second kappa shape index (κ2) is 6.31. The summed E-state index contributed by atoms with van der Waals surface area (Å²) in [6, 6.07) is 0.124. The summed E-state index contributed by atoms with van der Waals surface area (Å²) < 4.78 is 0. The van der Waals surface area contributed by atoms with E-state index in [2.05, 4.69) is 5.32 Å². The zero-order chi connectivity index (χ0) is 8.97. The van der Waals surface area contributed by atoms with Crippen LogP contribution in [0.1, 0.15) is 27.1 Å². The quantitative estimate of drug-likeness (QED) is 0.586. The van der Waals surface area contributed by atoms with Gasteiger partial charge in [0.1, 0.15) is 6.29 Å². The molecule has 0 aliphatic heterocycles. The van der Waals surface area contributed by atoms with Gasteiger partial charge in [0.15, 0.2) is 0 Å². The Bertz CT molecular complexity index is 185. The van der Waals surface area contributed by atoms with Gasteiger partial charge in [-0.15, -0.1) is 24.0 Å². The maximum atomic E-state index is 11.0. The number of hydrogen-bond donors (Lipinski definition) is 2. The smallest absolute Gasteiger partial charge is 0.220 e. The van der Waals surface area contributed by atoms with Gasteiger partial charge in [-0.1, -0.05) is 0 Å². The summed E-state index contributed by atoms with van der Waals surface area (Å²) in [7, 11) is 0. The molecule has 78 valence electrons. The highest BCUT2D eigenvalue weighted by Crippen LogP contribution is 2.19. The van der Waals surface area contributed by atoms with Crippen molar-refractivity contribution in [1.29, 1.82) is 0 Å². The average Bonchev–Trinajstić information content (AvgIpc) is 1.98. The first-order valence-corrected chi connectivity index (χ1v) is 4.13. The molecule has 0 atom stereocenters. The van der Waals surface area contributed by atoms with Gasteiger partial charge in [0.25, 0.3) is 0 Å². The number of aldehydes is 1. The molecule has 1 amide bonds. The number of carbonyl (C=O) groups is 2. The second-order valence-corrected chi connectivity index (χ2v) is 3.10. The van der Waals surface area contributed by atoms with Crippen LogP contribution in [-0.2, 0) is 9.59 Å². The van der Waals surface area contributed by atoms with E-state index in [9.17, 15) is 9.59 Å². The molecule has 1 aliphatic carbocycles. The fraction of sp³-hybridized carbons (Fsp3) is 0.750. The number of halogens is 1. The van der Waals surface area contributed by atoms with Crippen molar-refractivity contribution >= 4 is 36.2 Å². The van der Waals surface area contributed by atoms with Crippen LogP contribution in [0.3, 0.4) is 0 Å². The minimum atomic E-state index is -0.249. The van der Waals surface area contributed by atoms with Gasteiger partial charge in [-0.05, 0) is 12.8 Å². The van der Waals surface area contributed by atoms with Crippen molar-refractivity contribution in [2.45, 2.75) is 37.8 Å². The van der Waals surface area contributed by atoms with Gasteiger partial charge in [0, 0.05) is 20.3 Å². The summed E-state index contributed by atoms with van der Waals surface area (Å²) in [5.41, 5.74) is 0. The first-order valence-electron chi connectivity index (χ1n) is 4.13. The van der Waals surface area contributed by atoms with Crippen molar-refractivity contribution in [3.63, 3.8) is 0 Å². The fourth-order valence-corrected chi connectivity index (χ4v) is 1.20. The number of hydrogen-bond acceptors (Lipinski definition) is 3. The van der Waals surface area contributed by atoms with Crippen LogP contribution in [0.25, 0.3) is 0 Å². The molecule has 0 spiro atoms. The molecule has 0 radical (unpaired) electrons. The van der Waals surface area contributed by atoms with E-state index < -0.39 is 0 Å². The van der Waals surface area contributed by atoms with E-state index in [0.29, 0.717) is 12.8 Å². The SMILES string of the molecule is I.O=CCCC(=O)NC1CC(O)C1.[HH]. The van der Waals surface area contributed by atoms with Crippen molar-refractivity contribution in [3.05, 3.63) is 0 Å². The molecule has 0 heterocycles. The topological polar surface area (TPSA) is 66.4 Å². The number of aliphatic hydroxyl groups excluding tert-OH is 1. The van der Waals surface area contributed by atoms with Gasteiger partial charge >= 0.3 is 0 Å². The van der Waals surface area contributed by atoms with E-state index in [-0.39, 0.29) is 56.3 Å². The maximum absolute atomic E-state index is 11.0. The lowest BCUT2D eigenvalue weighted by Crippen LogP contribution is -2.46. The minimum absolute atomic E-state index is 0. The molecule has 0 bridgehead atoms. The third kappa shape index (κ3) is 4.56. The van der Waals surface area contributed by atoms with Crippen molar-refractivity contribution < 1.29 is 16.1 Å². The van der Waals surface area contributed by atoms with Crippen LogP contribution in [0.5, 0.6) is 0 Å². The Kier molecular flexibility index (Phi) is 6.23. The summed E-state index contributed by atoms with van der Waals surface area (Å²) in [6.45, 7) is 0. The molecule has 1 rings (SSSR count). The Morgan fingerprint density at radius 1 is 1.62 bits per heavy atom. The van der Waals surface area contributed by atoms with Gasteiger partial charge in [-0.2, -0.15) is 0 Å². The molecule has 0 saturated heterocycles. The highest BCUT2D eigenvalue weighted by atomic mass is 127. The molecule has 1 aliphatic rings. The highest BCUT2D eigenvalue weighted by molar-refractivity contribution is 14.0. The number of carbonyl (C=O) groups excluding carboxylic acids is 2. The molecular formula is C8H16INO3. The van der Waals surface area contributed by atoms with Crippen LogP contribution < -0.4 is 5.32 Å². The van der Waals surface area contributed by atoms with E-state index in [0.717, 1.165) is 6.29 Å². The molecule has 1 saturated carbocycles. The monoisotopic (exact) mass is 301 g/mol. The Balaban J connectivity index is 0. The summed E-state index contributed by atoms with van der Waals surface area (Å²) in [5, 5.41) is 11.6. The molecule has 5 heteroatoms. The molecule has 0 aromatic rings. The van der Waals surface area contributed by atoms with Gasteiger partial charge in [-0.25, -0.2) is 0 Å². The van der Waals surface area contributed by atoms with Crippen molar-refractivity contribution in [3.8, 4) is 0 Å². The van der Waals surface area contributed by atoms with Crippen LogP contribution in [0.15, 0.2) is 0 Å². The van der Waals surface area contributed by atoms with Crippen LogP contribution in [0.2, 0.25) is 0 Å². The Morgan fingerprint density at radius 3 is 2.69 bits per heavy atom. The fourth-order valence-electron chi connectivity index (χ4n) is 1.20. The minimum Gasteiger partial charge on any atom is -0.393 e. The van der Waals surface area contributed by atoms with Crippen LogP contribution in [-0.4, -0.2) is 29.4 Å². The summed E-state index contributed by atoms with van der Waals surface area (Å²) >= 11 is 0. The zero-order valence-corrected chi connectivity index (χ0v) is 9.56. The number of aliphatic hydroxyl groups is 1. The zero-order valence-electron chi connectivity index (χ0n) is 7.23. The van der Waals surface area contributed by atoms with E-state index in [1.165, 1.54) is 0 Å². The first-order chi connectivity index (χ1) is 5.72. The maximum Gasteiger partial charge on any atom is 0.220 e. The predicted molar refractivity (Wildman–Crippen MR) is 60.0 cm³/mol. The first kappa shape index (κ1) is 12.8.